The van der Waals surface area contributed by atoms with Crippen molar-refractivity contribution >= 4 is 23.5 Å². The number of nitrogens with zero attached hydrogens (tertiary/aromatic N) is 1. The van der Waals surface area contributed by atoms with Crippen molar-refractivity contribution in [2.24, 2.45) is 0 Å². The van der Waals surface area contributed by atoms with Crippen LogP contribution < -0.4 is 15.6 Å². The van der Waals surface area contributed by atoms with Gasteiger partial charge < -0.3 is 14.8 Å². The summed E-state index contributed by atoms with van der Waals surface area (Å²) in [6.07, 6.45) is 3.23. The molecule has 1 aromatic heterocycles. The van der Waals surface area contributed by atoms with Crippen molar-refractivity contribution in [3.63, 3.8) is 0 Å². The normalized spacial score (nSPS) is 23.2. The molecule has 160 valence electrons. The van der Waals surface area contributed by atoms with Gasteiger partial charge in [-0.1, -0.05) is 24.8 Å². The summed E-state index contributed by atoms with van der Waals surface area (Å²) in [5.74, 6) is 1.50. The first-order valence-electron chi connectivity index (χ1n) is 10.1. The Morgan fingerprint density at radius 3 is 2.80 bits per heavy atom. The second-order valence-corrected chi connectivity index (χ2v) is 9.33. The van der Waals surface area contributed by atoms with Crippen molar-refractivity contribution in [1.29, 1.82) is 0 Å². The fourth-order valence-electron chi connectivity index (χ4n) is 4.09. The highest BCUT2D eigenvalue weighted by molar-refractivity contribution is 8.00. The Balaban J connectivity index is 1.71. The summed E-state index contributed by atoms with van der Waals surface area (Å²) in [6.45, 7) is 8.80. The molecule has 0 bridgehead atoms. The van der Waals surface area contributed by atoms with Gasteiger partial charge in [-0.2, -0.15) is 0 Å². The van der Waals surface area contributed by atoms with Gasteiger partial charge in [-0.15, -0.1) is 11.8 Å². The summed E-state index contributed by atoms with van der Waals surface area (Å²) in [6, 6.07) is 7.72. The van der Waals surface area contributed by atoms with E-state index < -0.39 is 0 Å². The van der Waals surface area contributed by atoms with Crippen LogP contribution in [0.3, 0.4) is 0 Å². The molecule has 2 unspecified atom stereocenters. The molecule has 1 saturated heterocycles. The Morgan fingerprint density at radius 2 is 2.10 bits per heavy atom. The standard InChI is InChI=1S/C22H27N3O4S/c1-4-10-28-16-7-5-14(6-8-16)19-18-20(23-17(26)13-30-19)25(24-21(18)27)15-9-11-29-22(2,3)12-15/h4-8,15,19H,1,9-13H2,2-3H3,(H,23,26)(H,24,27). The molecule has 1 aromatic carbocycles. The number of H-pyrrole nitrogens is 1. The van der Waals surface area contributed by atoms with Gasteiger partial charge >= 0.3 is 0 Å². The number of aromatic amines is 1. The van der Waals surface area contributed by atoms with Crippen molar-refractivity contribution in [3.8, 4) is 5.75 Å². The zero-order valence-electron chi connectivity index (χ0n) is 17.3. The summed E-state index contributed by atoms with van der Waals surface area (Å²) < 4.78 is 13.2. The van der Waals surface area contributed by atoms with Crippen LogP contribution in [0.25, 0.3) is 0 Å². The molecule has 2 aliphatic rings. The fraction of sp³-hybridized carbons (Fsp3) is 0.455. The number of thioether (sulfide) groups is 1. The number of carbonyl (C=O) groups excluding carboxylic acids is 1. The minimum absolute atomic E-state index is 0.0592. The minimum Gasteiger partial charge on any atom is -0.490 e. The number of nitrogens with one attached hydrogen (secondary N) is 2. The number of hydrogen-bond acceptors (Lipinski definition) is 5. The van der Waals surface area contributed by atoms with Crippen molar-refractivity contribution in [3.05, 3.63) is 58.4 Å². The van der Waals surface area contributed by atoms with Gasteiger partial charge in [-0.25, -0.2) is 0 Å². The molecule has 1 fully saturated rings. The molecular formula is C22H27N3O4S. The summed E-state index contributed by atoms with van der Waals surface area (Å²) in [5.41, 5.74) is 1.11. The maximum absolute atomic E-state index is 13.0. The topological polar surface area (TPSA) is 85.4 Å². The Kier molecular flexibility index (Phi) is 5.79. The van der Waals surface area contributed by atoms with Crippen LogP contribution in [0.2, 0.25) is 0 Å². The molecule has 2 atom stereocenters. The second kappa shape index (κ2) is 8.35. The van der Waals surface area contributed by atoms with Crippen LogP contribution in [0.5, 0.6) is 5.75 Å². The van der Waals surface area contributed by atoms with Gasteiger partial charge in [0, 0.05) is 6.61 Å². The first-order valence-corrected chi connectivity index (χ1v) is 11.2. The lowest BCUT2D eigenvalue weighted by Crippen LogP contribution is -2.36. The molecule has 0 saturated carbocycles. The monoisotopic (exact) mass is 429 g/mol. The molecule has 30 heavy (non-hydrogen) atoms. The quantitative estimate of drug-likeness (QED) is 0.709. The fourth-order valence-corrected chi connectivity index (χ4v) is 5.22. The summed E-state index contributed by atoms with van der Waals surface area (Å²) in [7, 11) is 0. The maximum Gasteiger partial charge on any atom is 0.270 e. The van der Waals surface area contributed by atoms with Gasteiger partial charge in [-0.05, 0) is 44.4 Å². The van der Waals surface area contributed by atoms with Crippen molar-refractivity contribution in [2.75, 3.05) is 24.3 Å². The Hall–Kier alpha value is -2.45. The average Bonchev–Trinajstić information content (AvgIpc) is 2.91. The molecule has 3 heterocycles. The summed E-state index contributed by atoms with van der Waals surface area (Å²) >= 11 is 1.46. The van der Waals surface area contributed by atoms with Gasteiger partial charge in [-0.3, -0.25) is 19.4 Å². The average molecular weight is 430 g/mol. The molecular weight excluding hydrogens is 402 g/mol. The molecule has 2 N–H and O–H groups in total. The van der Waals surface area contributed by atoms with Crippen LogP contribution in [0.1, 0.15) is 49.1 Å². The summed E-state index contributed by atoms with van der Waals surface area (Å²) in [4.78, 5) is 25.5. The molecule has 8 heteroatoms. The lowest BCUT2D eigenvalue weighted by Gasteiger charge is -2.36. The van der Waals surface area contributed by atoms with E-state index in [1.165, 1.54) is 11.8 Å². The maximum atomic E-state index is 13.0. The van der Waals surface area contributed by atoms with E-state index >= 15 is 0 Å². The van der Waals surface area contributed by atoms with Gasteiger partial charge in [0.2, 0.25) is 5.91 Å². The van der Waals surface area contributed by atoms with E-state index in [1.807, 2.05) is 42.8 Å². The summed E-state index contributed by atoms with van der Waals surface area (Å²) in [5, 5.41) is 5.72. The molecule has 0 radical (unpaired) electrons. The van der Waals surface area contributed by atoms with Crippen molar-refractivity contribution in [2.45, 2.75) is 43.6 Å². The number of amides is 1. The molecule has 1 amide bonds. The van der Waals surface area contributed by atoms with E-state index in [-0.39, 0.29) is 34.1 Å². The number of benzene rings is 1. The van der Waals surface area contributed by atoms with Crippen LogP contribution in [-0.2, 0) is 9.53 Å². The van der Waals surface area contributed by atoms with E-state index in [9.17, 15) is 9.59 Å². The van der Waals surface area contributed by atoms with Crippen molar-refractivity contribution < 1.29 is 14.3 Å². The zero-order valence-corrected chi connectivity index (χ0v) is 18.1. The van der Waals surface area contributed by atoms with Gasteiger partial charge in [0.1, 0.15) is 18.2 Å². The van der Waals surface area contributed by atoms with Gasteiger partial charge in [0.25, 0.3) is 5.56 Å². The first kappa shape index (κ1) is 20.8. The lowest BCUT2D eigenvalue weighted by molar-refractivity contribution is -0.113. The molecule has 0 spiro atoms. The Morgan fingerprint density at radius 1 is 1.33 bits per heavy atom. The Bertz CT molecular complexity index is 993. The molecule has 7 nitrogen and oxygen atoms in total. The predicted molar refractivity (Wildman–Crippen MR) is 118 cm³/mol. The second-order valence-electron chi connectivity index (χ2n) is 8.24. The number of ether oxygens (including phenoxy) is 2. The van der Waals surface area contributed by atoms with E-state index in [4.69, 9.17) is 9.47 Å². The lowest BCUT2D eigenvalue weighted by atomic mass is 9.94. The van der Waals surface area contributed by atoms with Crippen LogP contribution in [0.15, 0.2) is 41.7 Å². The van der Waals surface area contributed by atoms with E-state index in [0.29, 0.717) is 24.6 Å². The van der Waals surface area contributed by atoms with Crippen molar-refractivity contribution in [1.82, 2.24) is 9.78 Å². The number of rotatable bonds is 5. The highest BCUT2D eigenvalue weighted by Gasteiger charge is 2.35. The molecule has 4 rings (SSSR count). The van der Waals surface area contributed by atoms with E-state index in [2.05, 4.69) is 17.0 Å². The third-order valence-electron chi connectivity index (χ3n) is 5.45. The zero-order chi connectivity index (χ0) is 21.3. The van der Waals surface area contributed by atoms with Gasteiger partial charge in [0.15, 0.2) is 0 Å². The van der Waals surface area contributed by atoms with Crippen LogP contribution in [0.4, 0.5) is 5.82 Å². The minimum atomic E-state index is -0.277. The van der Waals surface area contributed by atoms with Crippen LogP contribution >= 0.6 is 11.8 Å². The largest absolute Gasteiger partial charge is 0.490 e. The molecule has 2 aliphatic heterocycles. The number of carbonyl (C=O) groups is 1. The van der Waals surface area contributed by atoms with E-state index in [1.54, 1.807) is 6.08 Å². The smallest absolute Gasteiger partial charge is 0.270 e. The predicted octanol–water partition coefficient (Wildman–Crippen LogP) is 3.65. The third kappa shape index (κ3) is 4.20. The number of anilines is 1. The molecule has 0 aliphatic carbocycles. The number of hydrogen-bond donors (Lipinski definition) is 2. The highest BCUT2D eigenvalue weighted by Crippen LogP contribution is 2.42. The highest BCUT2D eigenvalue weighted by atomic mass is 32.2. The number of aromatic nitrogens is 2. The number of fused-ring (bicyclic) bond motifs is 1. The SMILES string of the molecule is C=CCOc1ccc(C2SCC(=O)Nc3c2c(=O)[nH]n3C2CCOC(C)(C)C2)cc1. The van der Waals surface area contributed by atoms with Crippen LogP contribution in [0, 0.1) is 0 Å². The van der Waals surface area contributed by atoms with Gasteiger partial charge in [0.05, 0.1) is 28.2 Å². The molecule has 2 aromatic rings. The Labute approximate surface area is 179 Å². The first-order chi connectivity index (χ1) is 14.4. The van der Waals surface area contributed by atoms with Crippen LogP contribution in [-0.4, -0.2) is 40.3 Å². The van der Waals surface area contributed by atoms with E-state index in [0.717, 1.165) is 24.2 Å². The third-order valence-corrected chi connectivity index (χ3v) is 6.72.